The molecule has 1 aromatic heterocycles. The molecular weight excluding hydrogens is 366 g/mol. The van der Waals surface area contributed by atoms with E-state index in [1.807, 2.05) is 6.07 Å². The van der Waals surface area contributed by atoms with Gasteiger partial charge in [-0.25, -0.2) is 4.98 Å². The van der Waals surface area contributed by atoms with E-state index in [0.29, 0.717) is 39.3 Å². The van der Waals surface area contributed by atoms with E-state index in [4.69, 9.17) is 21.1 Å². The van der Waals surface area contributed by atoms with E-state index < -0.39 is 0 Å². The number of nitrogens with one attached hydrogen (secondary N) is 2. The molecule has 2 N–H and O–H groups in total. The molecule has 0 saturated heterocycles. The number of amides is 1. The van der Waals surface area contributed by atoms with E-state index in [2.05, 4.69) is 15.6 Å². The topological polar surface area (TPSA) is 72.5 Å². The van der Waals surface area contributed by atoms with Crippen molar-refractivity contribution in [2.45, 2.75) is 0 Å². The molecule has 0 unspecified atom stereocenters. The molecule has 0 aliphatic rings. The van der Waals surface area contributed by atoms with Gasteiger partial charge in [-0.05, 0) is 36.4 Å². The Hall–Kier alpha value is -3.25. The first-order valence-electron chi connectivity index (χ1n) is 8.11. The highest BCUT2D eigenvalue weighted by molar-refractivity contribution is 6.33. The van der Waals surface area contributed by atoms with E-state index in [1.165, 1.54) is 0 Å². The zero-order valence-corrected chi connectivity index (χ0v) is 15.6. The maximum absolute atomic E-state index is 12.5. The van der Waals surface area contributed by atoms with Crippen molar-refractivity contribution >= 4 is 34.7 Å². The van der Waals surface area contributed by atoms with Crippen LogP contribution < -0.4 is 20.1 Å². The van der Waals surface area contributed by atoms with Crippen LogP contribution in [0.3, 0.4) is 0 Å². The zero-order valence-electron chi connectivity index (χ0n) is 14.8. The summed E-state index contributed by atoms with van der Waals surface area (Å²) in [4.78, 5) is 16.8. The van der Waals surface area contributed by atoms with Crippen LogP contribution in [0.25, 0.3) is 0 Å². The Morgan fingerprint density at radius 1 is 1.00 bits per heavy atom. The van der Waals surface area contributed by atoms with Crippen molar-refractivity contribution in [1.29, 1.82) is 0 Å². The molecule has 1 heterocycles. The highest BCUT2D eigenvalue weighted by Gasteiger charge is 2.11. The van der Waals surface area contributed by atoms with Crippen LogP contribution in [0.2, 0.25) is 5.02 Å². The Labute approximate surface area is 162 Å². The third-order valence-electron chi connectivity index (χ3n) is 3.82. The number of nitrogens with zero attached hydrogens (tertiary/aromatic N) is 1. The molecule has 0 atom stereocenters. The lowest BCUT2D eigenvalue weighted by atomic mass is 10.2. The fraction of sp³-hybridized carbons (Fsp3) is 0.100. The second-order valence-electron chi connectivity index (χ2n) is 5.55. The van der Waals surface area contributed by atoms with Crippen molar-refractivity contribution in [3.63, 3.8) is 0 Å². The molecule has 2 aromatic carbocycles. The SMILES string of the molecule is COc1ccc(Nc2cc(C(=O)Nc3ccccc3Cl)ccn2)c(OC)c1. The monoisotopic (exact) mass is 383 g/mol. The molecule has 0 bridgehead atoms. The highest BCUT2D eigenvalue weighted by atomic mass is 35.5. The fourth-order valence-electron chi connectivity index (χ4n) is 2.44. The number of carbonyl (C=O) groups excluding carboxylic acids is 1. The van der Waals surface area contributed by atoms with Crippen LogP contribution in [0, 0.1) is 0 Å². The average Bonchev–Trinajstić information content (AvgIpc) is 2.70. The van der Waals surface area contributed by atoms with Gasteiger partial charge >= 0.3 is 0 Å². The summed E-state index contributed by atoms with van der Waals surface area (Å²) in [6.45, 7) is 0. The number of benzene rings is 2. The molecule has 0 saturated carbocycles. The molecule has 3 aromatic rings. The minimum atomic E-state index is -0.282. The number of ether oxygens (including phenoxy) is 2. The molecule has 0 spiro atoms. The normalized spacial score (nSPS) is 10.2. The van der Waals surface area contributed by atoms with Crippen LogP contribution in [0.1, 0.15) is 10.4 Å². The molecule has 3 rings (SSSR count). The van der Waals surface area contributed by atoms with Crippen molar-refractivity contribution in [2.24, 2.45) is 0 Å². The maximum atomic E-state index is 12.5. The van der Waals surface area contributed by atoms with E-state index in [9.17, 15) is 4.79 Å². The number of methoxy groups -OCH3 is 2. The molecule has 0 radical (unpaired) electrons. The van der Waals surface area contributed by atoms with Gasteiger partial charge in [-0.3, -0.25) is 4.79 Å². The quantitative estimate of drug-likeness (QED) is 0.642. The predicted octanol–water partition coefficient (Wildman–Crippen LogP) is 4.75. The van der Waals surface area contributed by atoms with Gasteiger partial charge in [-0.1, -0.05) is 23.7 Å². The molecule has 7 heteroatoms. The maximum Gasteiger partial charge on any atom is 0.255 e. The number of halogens is 1. The van der Waals surface area contributed by atoms with Crippen molar-refractivity contribution in [3.8, 4) is 11.5 Å². The Morgan fingerprint density at radius 3 is 2.56 bits per heavy atom. The van der Waals surface area contributed by atoms with Gasteiger partial charge in [0.1, 0.15) is 17.3 Å². The summed E-state index contributed by atoms with van der Waals surface area (Å²) < 4.78 is 10.6. The van der Waals surface area contributed by atoms with Crippen LogP contribution in [0.5, 0.6) is 11.5 Å². The molecular formula is C20H18ClN3O3. The van der Waals surface area contributed by atoms with Crippen LogP contribution >= 0.6 is 11.6 Å². The smallest absolute Gasteiger partial charge is 0.255 e. The number of hydrogen-bond donors (Lipinski definition) is 2. The Morgan fingerprint density at radius 2 is 1.81 bits per heavy atom. The van der Waals surface area contributed by atoms with Gasteiger partial charge in [0.2, 0.25) is 0 Å². The Bertz CT molecular complexity index is 963. The largest absolute Gasteiger partial charge is 0.497 e. The minimum Gasteiger partial charge on any atom is -0.497 e. The molecule has 6 nitrogen and oxygen atoms in total. The third kappa shape index (κ3) is 4.48. The van der Waals surface area contributed by atoms with Crippen molar-refractivity contribution in [3.05, 3.63) is 71.4 Å². The second kappa shape index (κ2) is 8.42. The fourth-order valence-corrected chi connectivity index (χ4v) is 2.62. The number of carbonyl (C=O) groups is 1. The minimum absolute atomic E-state index is 0.282. The van der Waals surface area contributed by atoms with Crippen molar-refractivity contribution in [1.82, 2.24) is 4.98 Å². The third-order valence-corrected chi connectivity index (χ3v) is 4.15. The van der Waals surface area contributed by atoms with Gasteiger partial charge in [0.15, 0.2) is 0 Å². The van der Waals surface area contributed by atoms with E-state index in [0.717, 1.165) is 0 Å². The number of para-hydroxylation sites is 1. The first kappa shape index (κ1) is 18.5. The highest BCUT2D eigenvalue weighted by Crippen LogP contribution is 2.31. The zero-order chi connectivity index (χ0) is 19.2. The van der Waals surface area contributed by atoms with Crippen LogP contribution in [0.4, 0.5) is 17.2 Å². The molecule has 1 amide bonds. The van der Waals surface area contributed by atoms with Gasteiger partial charge in [0.05, 0.1) is 30.6 Å². The lowest BCUT2D eigenvalue weighted by Gasteiger charge is -2.13. The number of hydrogen-bond acceptors (Lipinski definition) is 5. The lowest BCUT2D eigenvalue weighted by molar-refractivity contribution is 0.102. The van der Waals surface area contributed by atoms with Gasteiger partial charge in [-0.15, -0.1) is 0 Å². The average molecular weight is 384 g/mol. The summed E-state index contributed by atoms with van der Waals surface area (Å²) in [5.41, 5.74) is 1.70. The number of aromatic nitrogens is 1. The number of pyridine rings is 1. The van der Waals surface area contributed by atoms with Crippen LogP contribution in [-0.4, -0.2) is 25.1 Å². The molecule has 0 aliphatic heterocycles. The summed E-state index contributed by atoms with van der Waals surface area (Å²) >= 11 is 6.09. The molecule has 27 heavy (non-hydrogen) atoms. The summed E-state index contributed by atoms with van der Waals surface area (Å²) in [5.74, 6) is 1.50. The summed E-state index contributed by atoms with van der Waals surface area (Å²) in [7, 11) is 3.16. The first-order chi connectivity index (χ1) is 13.1. The van der Waals surface area contributed by atoms with Crippen molar-refractivity contribution in [2.75, 3.05) is 24.9 Å². The van der Waals surface area contributed by atoms with E-state index in [1.54, 1.807) is 68.9 Å². The summed E-state index contributed by atoms with van der Waals surface area (Å²) in [6, 6.07) is 15.7. The van der Waals surface area contributed by atoms with Crippen molar-refractivity contribution < 1.29 is 14.3 Å². The summed E-state index contributed by atoms with van der Waals surface area (Å²) in [5, 5.41) is 6.41. The van der Waals surface area contributed by atoms with E-state index >= 15 is 0 Å². The number of rotatable bonds is 6. The predicted molar refractivity (Wildman–Crippen MR) is 106 cm³/mol. The van der Waals surface area contributed by atoms with Crippen LogP contribution in [0.15, 0.2) is 60.8 Å². The lowest BCUT2D eigenvalue weighted by Crippen LogP contribution is -2.12. The Kier molecular flexibility index (Phi) is 5.78. The summed E-state index contributed by atoms with van der Waals surface area (Å²) in [6.07, 6.45) is 1.56. The Balaban J connectivity index is 1.80. The van der Waals surface area contributed by atoms with Gasteiger partial charge in [0.25, 0.3) is 5.91 Å². The molecule has 0 fully saturated rings. The first-order valence-corrected chi connectivity index (χ1v) is 8.49. The molecule has 138 valence electrons. The van der Waals surface area contributed by atoms with Gasteiger partial charge in [-0.2, -0.15) is 0 Å². The van der Waals surface area contributed by atoms with Crippen LogP contribution in [-0.2, 0) is 0 Å². The van der Waals surface area contributed by atoms with E-state index in [-0.39, 0.29) is 5.91 Å². The second-order valence-corrected chi connectivity index (χ2v) is 5.96. The van der Waals surface area contributed by atoms with Gasteiger partial charge in [0, 0.05) is 17.8 Å². The standard InChI is InChI=1S/C20H18ClN3O3/c1-26-14-7-8-17(18(12-14)27-2)23-19-11-13(9-10-22-19)20(25)24-16-6-4-3-5-15(16)21/h3-12H,1-2H3,(H,22,23)(H,24,25). The van der Waals surface area contributed by atoms with Gasteiger partial charge < -0.3 is 20.1 Å². The number of anilines is 3. The molecule has 0 aliphatic carbocycles.